The Morgan fingerprint density at radius 2 is 2.04 bits per heavy atom. The maximum atomic E-state index is 12.9. The number of sulfonamides is 1. The molecule has 4 rings (SSSR count). The minimum absolute atomic E-state index is 0.0190. The maximum Gasteiger partial charge on any atom is 0.244 e. The van der Waals surface area contributed by atoms with Crippen LogP contribution < -0.4 is 5.32 Å². The Labute approximate surface area is 172 Å². The second-order valence-corrected chi connectivity index (χ2v) is 10.1. The van der Waals surface area contributed by atoms with Crippen molar-refractivity contribution in [3.8, 4) is 0 Å². The summed E-state index contributed by atoms with van der Waals surface area (Å²) in [6.45, 7) is 3.62. The summed E-state index contributed by atoms with van der Waals surface area (Å²) in [5, 5.41) is 3.87. The largest absolute Gasteiger partial charge is 0.302 e. The van der Waals surface area contributed by atoms with Gasteiger partial charge in [-0.15, -0.1) is 0 Å². The van der Waals surface area contributed by atoms with Crippen molar-refractivity contribution >= 4 is 54.2 Å². The molecule has 0 saturated carbocycles. The van der Waals surface area contributed by atoms with Gasteiger partial charge < -0.3 is 5.32 Å². The molecule has 0 saturated heterocycles. The van der Waals surface area contributed by atoms with Crippen molar-refractivity contribution in [3.05, 3.63) is 53.1 Å². The van der Waals surface area contributed by atoms with E-state index in [9.17, 15) is 13.2 Å². The second-order valence-electron chi connectivity index (χ2n) is 6.87. The molecule has 0 unspecified atom stereocenters. The highest BCUT2D eigenvalue weighted by Gasteiger charge is 2.44. The Morgan fingerprint density at radius 1 is 1.29 bits per heavy atom. The number of fused-ring (bicyclic) bond motifs is 2. The lowest BCUT2D eigenvalue weighted by molar-refractivity contribution is -0.117. The highest BCUT2D eigenvalue weighted by Crippen LogP contribution is 2.42. The third kappa shape index (κ3) is 3.30. The summed E-state index contributed by atoms with van der Waals surface area (Å²) in [4.78, 5) is 17.4. The van der Waals surface area contributed by atoms with Crippen LogP contribution in [0.25, 0.3) is 10.2 Å². The Bertz CT molecular complexity index is 1170. The van der Waals surface area contributed by atoms with E-state index < -0.39 is 16.1 Å². The lowest BCUT2D eigenvalue weighted by Crippen LogP contribution is -2.36. The van der Waals surface area contributed by atoms with Crippen LogP contribution in [0.1, 0.15) is 31.9 Å². The first kappa shape index (κ1) is 19.3. The smallest absolute Gasteiger partial charge is 0.244 e. The maximum absolute atomic E-state index is 12.9. The van der Waals surface area contributed by atoms with Crippen LogP contribution >= 0.6 is 22.9 Å². The minimum atomic E-state index is -3.61. The number of hydrogen-bond donors (Lipinski definition) is 1. The van der Waals surface area contributed by atoms with Crippen LogP contribution in [0.5, 0.6) is 0 Å². The summed E-state index contributed by atoms with van der Waals surface area (Å²) in [7, 11) is -3.61. The lowest BCUT2D eigenvalue weighted by Gasteiger charge is -2.26. The number of carbonyl (C=O) groups is 1. The average Bonchev–Trinajstić information content (AvgIpc) is 3.10. The number of nitrogens with zero attached hydrogens (tertiary/aromatic N) is 2. The molecular weight excluding hydrogens is 418 g/mol. The molecule has 1 atom stereocenters. The zero-order chi connectivity index (χ0) is 20.1. The summed E-state index contributed by atoms with van der Waals surface area (Å²) < 4.78 is 28.1. The van der Waals surface area contributed by atoms with E-state index in [2.05, 4.69) is 10.3 Å². The lowest BCUT2D eigenvalue weighted by atomic mass is 10.0. The van der Waals surface area contributed by atoms with Gasteiger partial charge in [-0.05, 0) is 43.7 Å². The number of thiazole rings is 1. The summed E-state index contributed by atoms with van der Waals surface area (Å²) in [5.41, 5.74) is 1.41. The third-order valence-electron chi connectivity index (χ3n) is 4.63. The zero-order valence-electron chi connectivity index (χ0n) is 15.2. The number of benzene rings is 2. The van der Waals surface area contributed by atoms with Crippen LogP contribution in [-0.4, -0.2) is 29.7 Å². The number of hydrogen-bond acceptors (Lipinski definition) is 5. The molecule has 1 aliphatic heterocycles. The van der Waals surface area contributed by atoms with Crippen molar-refractivity contribution in [1.82, 2.24) is 9.29 Å². The van der Waals surface area contributed by atoms with Crippen LogP contribution in [-0.2, 0) is 14.8 Å². The predicted molar refractivity (Wildman–Crippen MR) is 111 cm³/mol. The molecule has 0 radical (unpaired) electrons. The first-order valence-corrected chi connectivity index (χ1v) is 11.4. The molecule has 1 N–H and O–H groups in total. The van der Waals surface area contributed by atoms with Crippen LogP contribution in [0.2, 0.25) is 5.02 Å². The molecule has 0 fully saturated rings. The Balaban J connectivity index is 1.60. The van der Waals surface area contributed by atoms with Crippen LogP contribution in [0.3, 0.4) is 0 Å². The third-order valence-corrected chi connectivity index (χ3v) is 7.95. The van der Waals surface area contributed by atoms with Crippen molar-refractivity contribution in [1.29, 1.82) is 0 Å². The molecular formula is C19H18ClN3O3S2. The van der Waals surface area contributed by atoms with Crippen LogP contribution in [0.15, 0.2) is 47.4 Å². The fourth-order valence-corrected chi connectivity index (χ4v) is 6.76. The van der Waals surface area contributed by atoms with Gasteiger partial charge >= 0.3 is 0 Å². The van der Waals surface area contributed by atoms with Crippen molar-refractivity contribution < 1.29 is 13.2 Å². The molecule has 1 amide bonds. The molecule has 3 aromatic rings. The highest BCUT2D eigenvalue weighted by molar-refractivity contribution is 7.89. The molecule has 9 heteroatoms. The summed E-state index contributed by atoms with van der Waals surface area (Å²) in [5.74, 6) is -0.285. The SMILES string of the molecule is CC(C)N1[C@@H](CC(=O)Nc2nc3ccc(Cl)cc3s2)c2ccccc2S1(=O)=O. The van der Waals surface area contributed by atoms with Gasteiger partial charge in [0, 0.05) is 17.5 Å². The van der Waals surface area contributed by atoms with E-state index in [0.717, 1.165) is 10.2 Å². The summed E-state index contributed by atoms with van der Waals surface area (Å²) in [6.07, 6.45) is 0.0190. The molecule has 1 aromatic heterocycles. The van der Waals surface area contributed by atoms with Gasteiger partial charge in [-0.3, -0.25) is 4.79 Å². The Kier molecular flexibility index (Phi) is 4.91. The Hall–Kier alpha value is -2.00. The van der Waals surface area contributed by atoms with E-state index in [0.29, 0.717) is 15.7 Å². The van der Waals surface area contributed by atoms with Crippen LogP contribution in [0.4, 0.5) is 5.13 Å². The van der Waals surface area contributed by atoms with Crippen molar-refractivity contribution in [2.24, 2.45) is 0 Å². The Morgan fingerprint density at radius 3 is 2.79 bits per heavy atom. The van der Waals surface area contributed by atoms with Crippen molar-refractivity contribution in [2.75, 3.05) is 5.32 Å². The fraction of sp³-hybridized carbons (Fsp3) is 0.263. The second kappa shape index (κ2) is 7.11. The van der Waals surface area contributed by atoms with E-state index in [1.807, 2.05) is 13.8 Å². The molecule has 2 heterocycles. The molecule has 146 valence electrons. The normalized spacial score (nSPS) is 18.5. The standard InChI is InChI=1S/C19H18ClN3O3S2/c1-11(2)23-15(13-5-3-4-6-17(13)28(23,25)26)10-18(24)22-19-21-14-8-7-12(20)9-16(14)27-19/h3-9,11,15H,10H2,1-2H3,(H,21,22,24)/t15-/m0/s1. The number of halogens is 1. The summed E-state index contributed by atoms with van der Waals surface area (Å²) >= 11 is 7.33. The van der Waals surface area contributed by atoms with Gasteiger partial charge in [-0.25, -0.2) is 13.4 Å². The van der Waals surface area contributed by atoms with Gasteiger partial charge in [0.15, 0.2) is 5.13 Å². The molecule has 1 aliphatic rings. The first-order valence-electron chi connectivity index (χ1n) is 8.76. The van der Waals surface area contributed by atoms with Gasteiger partial charge in [-0.1, -0.05) is 41.1 Å². The highest BCUT2D eigenvalue weighted by atomic mass is 35.5. The molecule has 0 aliphatic carbocycles. The topological polar surface area (TPSA) is 79.4 Å². The average molecular weight is 436 g/mol. The van der Waals surface area contributed by atoms with Crippen LogP contribution in [0, 0.1) is 0 Å². The molecule has 0 spiro atoms. The number of nitrogens with one attached hydrogen (secondary N) is 1. The number of aromatic nitrogens is 1. The van der Waals surface area contributed by atoms with E-state index in [1.54, 1.807) is 42.5 Å². The fourth-order valence-electron chi connectivity index (χ4n) is 3.54. The molecule has 2 aromatic carbocycles. The van der Waals surface area contributed by atoms with E-state index in [1.165, 1.54) is 15.6 Å². The molecule has 28 heavy (non-hydrogen) atoms. The van der Waals surface area contributed by atoms with E-state index in [4.69, 9.17) is 11.6 Å². The van der Waals surface area contributed by atoms with Crippen molar-refractivity contribution in [2.45, 2.75) is 37.2 Å². The molecule has 6 nitrogen and oxygen atoms in total. The summed E-state index contributed by atoms with van der Waals surface area (Å²) in [6, 6.07) is 11.4. The number of amides is 1. The molecule has 0 bridgehead atoms. The van der Waals surface area contributed by atoms with Crippen molar-refractivity contribution in [3.63, 3.8) is 0 Å². The van der Waals surface area contributed by atoms with E-state index >= 15 is 0 Å². The predicted octanol–water partition coefficient (Wildman–Crippen LogP) is 4.43. The monoisotopic (exact) mass is 435 g/mol. The zero-order valence-corrected chi connectivity index (χ0v) is 17.6. The number of anilines is 1. The quantitative estimate of drug-likeness (QED) is 0.657. The first-order chi connectivity index (χ1) is 13.3. The minimum Gasteiger partial charge on any atom is -0.302 e. The van der Waals surface area contributed by atoms with Gasteiger partial charge in [0.2, 0.25) is 15.9 Å². The van der Waals surface area contributed by atoms with Gasteiger partial charge in [0.05, 0.1) is 21.2 Å². The number of carbonyl (C=O) groups excluding carboxylic acids is 1. The van der Waals surface area contributed by atoms with Gasteiger partial charge in [-0.2, -0.15) is 4.31 Å². The van der Waals surface area contributed by atoms with Gasteiger partial charge in [0.1, 0.15) is 0 Å². The van der Waals surface area contributed by atoms with Gasteiger partial charge in [0.25, 0.3) is 0 Å². The van der Waals surface area contributed by atoms with E-state index in [-0.39, 0.29) is 23.3 Å². The number of rotatable bonds is 4.